The molecule has 1 aliphatic heterocycles. The summed E-state index contributed by atoms with van der Waals surface area (Å²) in [5, 5.41) is 9.46. The van der Waals surface area contributed by atoms with Gasteiger partial charge in [0.2, 0.25) is 0 Å². The molecule has 4 nitrogen and oxygen atoms in total. The average Bonchev–Trinajstić information content (AvgIpc) is 2.44. The second-order valence-corrected chi connectivity index (χ2v) is 5.23. The Morgan fingerprint density at radius 2 is 2.00 bits per heavy atom. The molecule has 9 heteroatoms. The van der Waals surface area contributed by atoms with E-state index in [4.69, 9.17) is 0 Å². The van der Waals surface area contributed by atoms with E-state index < -0.39 is 42.7 Å². The molecule has 1 heterocycles. The van der Waals surface area contributed by atoms with Gasteiger partial charge in [0, 0.05) is 24.7 Å². The van der Waals surface area contributed by atoms with E-state index >= 15 is 0 Å². The van der Waals surface area contributed by atoms with Crippen molar-refractivity contribution in [3.8, 4) is 11.5 Å². The summed E-state index contributed by atoms with van der Waals surface area (Å²) in [5.41, 5.74) is -0.205. The summed E-state index contributed by atoms with van der Waals surface area (Å²) in [6.45, 7) is -3.51. The van der Waals surface area contributed by atoms with Gasteiger partial charge in [-0.2, -0.15) is 22.0 Å². The van der Waals surface area contributed by atoms with Crippen molar-refractivity contribution in [2.75, 3.05) is 13.1 Å². The quantitative estimate of drug-likeness (QED) is 0.859. The van der Waals surface area contributed by atoms with Gasteiger partial charge in [-0.1, -0.05) is 0 Å². The van der Waals surface area contributed by atoms with Crippen molar-refractivity contribution in [1.29, 1.82) is 0 Å². The van der Waals surface area contributed by atoms with Crippen LogP contribution < -0.4 is 4.74 Å². The number of piperidine rings is 1. The van der Waals surface area contributed by atoms with Crippen molar-refractivity contribution in [3.05, 3.63) is 23.8 Å². The molecular formula is C14H14F5NO3. The monoisotopic (exact) mass is 339 g/mol. The van der Waals surface area contributed by atoms with Crippen LogP contribution in [0.5, 0.6) is 11.5 Å². The Hall–Kier alpha value is -2.06. The molecule has 0 aliphatic carbocycles. The molecule has 0 saturated carbocycles. The van der Waals surface area contributed by atoms with Crippen LogP contribution in [0.4, 0.5) is 22.0 Å². The van der Waals surface area contributed by atoms with Crippen molar-refractivity contribution in [2.45, 2.75) is 25.6 Å². The third kappa shape index (κ3) is 4.46. The number of aromatic hydroxyl groups is 1. The standard InChI is InChI=1S/C14H14F5NO3/c15-13(16)23-11-5-8(4-10(21)6-11)12(22)20-3-1-2-9(7-20)14(17,18)19/h4-6,9,13,21H,1-3,7H2. The van der Waals surface area contributed by atoms with E-state index in [2.05, 4.69) is 4.74 Å². The van der Waals surface area contributed by atoms with E-state index in [1.807, 2.05) is 0 Å². The number of likely N-dealkylation sites (tertiary alicyclic amines) is 1. The van der Waals surface area contributed by atoms with E-state index in [-0.39, 0.29) is 24.9 Å². The number of hydrogen-bond acceptors (Lipinski definition) is 3. The molecule has 1 N–H and O–H groups in total. The Balaban J connectivity index is 2.18. The molecule has 128 valence electrons. The fourth-order valence-corrected chi connectivity index (χ4v) is 2.49. The van der Waals surface area contributed by atoms with Gasteiger partial charge in [-0.15, -0.1) is 0 Å². The Kier molecular flexibility index (Phi) is 4.96. The normalized spacial score (nSPS) is 19.0. The van der Waals surface area contributed by atoms with Crippen molar-refractivity contribution in [3.63, 3.8) is 0 Å². The maximum atomic E-state index is 12.8. The zero-order valence-corrected chi connectivity index (χ0v) is 11.8. The number of carbonyl (C=O) groups excluding carboxylic acids is 1. The minimum absolute atomic E-state index is 0.0624. The summed E-state index contributed by atoms with van der Waals surface area (Å²) in [6.07, 6.45) is -4.27. The highest BCUT2D eigenvalue weighted by Gasteiger charge is 2.42. The molecule has 0 aromatic heterocycles. The molecule has 1 aromatic rings. The van der Waals surface area contributed by atoms with E-state index in [1.165, 1.54) is 0 Å². The van der Waals surface area contributed by atoms with Gasteiger partial charge < -0.3 is 14.7 Å². The van der Waals surface area contributed by atoms with E-state index in [0.29, 0.717) is 0 Å². The molecule has 0 bridgehead atoms. The molecule has 1 aliphatic rings. The van der Waals surface area contributed by atoms with Crippen molar-refractivity contribution >= 4 is 5.91 Å². The summed E-state index contributed by atoms with van der Waals surface area (Å²) < 4.78 is 66.8. The first-order valence-corrected chi connectivity index (χ1v) is 6.81. The van der Waals surface area contributed by atoms with Gasteiger partial charge in [0.15, 0.2) is 0 Å². The highest BCUT2D eigenvalue weighted by atomic mass is 19.4. The Morgan fingerprint density at radius 1 is 1.30 bits per heavy atom. The van der Waals surface area contributed by atoms with Crippen molar-refractivity contribution < 1.29 is 36.6 Å². The second-order valence-electron chi connectivity index (χ2n) is 5.23. The average molecular weight is 339 g/mol. The van der Waals surface area contributed by atoms with Crippen LogP contribution in [-0.2, 0) is 0 Å². The maximum absolute atomic E-state index is 12.8. The van der Waals surface area contributed by atoms with E-state index in [9.17, 15) is 31.9 Å². The summed E-state index contributed by atoms with van der Waals surface area (Å²) in [7, 11) is 0. The second kappa shape index (κ2) is 6.59. The van der Waals surface area contributed by atoms with Gasteiger partial charge in [0.25, 0.3) is 5.91 Å². The topological polar surface area (TPSA) is 49.8 Å². The SMILES string of the molecule is O=C(c1cc(O)cc(OC(F)F)c1)N1CCCC(C(F)(F)F)C1. The molecule has 1 atom stereocenters. The first-order chi connectivity index (χ1) is 10.7. The van der Waals surface area contributed by atoms with Crippen molar-refractivity contribution in [1.82, 2.24) is 4.90 Å². The van der Waals surface area contributed by atoms with E-state index in [1.54, 1.807) is 0 Å². The molecule has 1 fully saturated rings. The van der Waals surface area contributed by atoms with Crippen LogP contribution in [0.25, 0.3) is 0 Å². The first kappa shape index (κ1) is 17.3. The summed E-state index contributed by atoms with van der Waals surface area (Å²) in [4.78, 5) is 13.3. The van der Waals surface area contributed by atoms with Crippen LogP contribution in [0.3, 0.4) is 0 Å². The highest BCUT2D eigenvalue weighted by molar-refractivity contribution is 5.95. The molecule has 1 aromatic carbocycles. The molecule has 23 heavy (non-hydrogen) atoms. The molecule has 1 unspecified atom stereocenters. The number of phenolic OH excluding ortho intramolecular Hbond substituents is 1. The highest BCUT2D eigenvalue weighted by Crippen LogP contribution is 2.34. The predicted octanol–water partition coefficient (Wildman–Crippen LogP) is 3.41. The van der Waals surface area contributed by atoms with Gasteiger partial charge in [-0.3, -0.25) is 4.79 Å². The first-order valence-electron chi connectivity index (χ1n) is 6.81. The fourth-order valence-electron chi connectivity index (χ4n) is 2.49. The number of halogens is 5. The van der Waals surface area contributed by atoms with Crippen LogP contribution >= 0.6 is 0 Å². The van der Waals surface area contributed by atoms with Crippen LogP contribution in [0.15, 0.2) is 18.2 Å². The maximum Gasteiger partial charge on any atom is 0.393 e. The van der Waals surface area contributed by atoms with Gasteiger partial charge in [-0.25, -0.2) is 0 Å². The lowest BCUT2D eigenvalue weighted by Crippen LogP contribution is -2.44. The Labute approximate surface area is 128 Å². The molecule has 1 amide bonds. The number of rotatable bonds is 3. The minimum Gasteiger partial charge on any atom is -0.508 e. The molecule has 0 spiro atoms. The zero-order valence-electron chi connectivity index (χ0n) is 11.8. The van der Waals surface area contributed by atoms with Gasteiger partial charge in [0.1, 0.15) is 11.5 Å². The third-order valence-electron chi connectivity index (χ3n) is 3.53. The molecular weight excluding hydrogens is 325 g/mol. The van der Waals surface area contributed by atoms with Crippen LogP contribution in [0.2, 0.25) is 0 Å². The van der Waals surface area contributed by atoms with Crippen LogP contribution in [0, 0.1) is 5.92 Å². The number of ether oxygens (including phenoxy) is 1. The largest absolute Gasteiger partial charge is 0.508 e. The zero-order chi connectivity index (χ0) is 17.2. The van der Waals surface area contributed by atoms with Gasteiger partial charge in [-0.05, 0) is 25.0 Å². The Bertz CT molecular complexity index is 576. The molecule has 2 rings (SSSR count). The van der Waals surface area contributed by atoms with Crippen molar-refractivity contribution in [2.24, 2.45) is 5.92 Å². The third-order valence-corrected chi connectivity index (χ3v) is 3.53. The van der Waals surface area contributed by atoms with E-state index in [0.717, 1.165) is 23.1 Å². The lowest BCUT2D eigenvalue weighted by molar-refractivity contribution is -0.184. The summed E-state index contributed by atoms with van der Waals surface area (Å²) in [5.74, 6) is -3.31. The summed E-state index contributed by atoms with van der Waals surface area (Å²) >= 11 is 0. The lowest BCUT2D eigenvalue weighted by atomic mass is 9.97. The van der Waals surface area contributed by atoms with Gasteiger partial charge >= 0.3 is 12.8 Å². The number of hydrogen-bond donors (Lipinski definition) is 1. The predicted molar refractivity (Wildman–Crippen MR) is 69.4 cm³/mol. The number of alkyl halides is 5. The lowest BCUT2D eigenvalue weighted by Gasteiger charge is -2.33. The minimum atomic E-state index is -4.40. The number of nitrogens with zero attached hydrogens (tertiary/aromatic N) is 1. The van der Waals surface area contributed by atoms with Gasteiger partial charge in [0.05, 0.1) is 5.92 Å². The van der Waals surface area contributed by atoms with Crippen LogP contribution in [0.1, 0.15) is 23.2 Å². The molecule has 1 saturated heterocycles. The number of phenols is 1. The molecule has 0 radical (unpaired) electrons. The Morgan fingerprint density at radius 3 is 2.61 bits per heavy atom. The number of benzene rings is 1. The smallest absolute Gasteiger partial charge is 0.393 e. The van der Waals surface area contributed by atoms with Crippen LogP contribution in [-0.4, -0.2) is 41.8 Å². The number of carbonyl (C=O) groups is 1. The number of amides is 1. The fraction of sp³-hybridized carbons (Fsp3) is 0.500. The summed E-state index contributed by atoms with van der Waals surface area (Å²) in [6, 6.07) is 2.85.